The average Bonchev–Trinajstić information content (AvgIpc) is 3.66. The lowest BCUT2D eigenvalue weighted by Crippen LogP contribution is -2.47. The number of ether oxygens (including phenoxy) is 3. The summed E-state index contributed by atoms with van der Waals surface area (Å²) in [4.78, 5) is 98.0. The number of rotatable bonds is 49. The maximum atomic E-state index is 13.8. The van der Waals surface area contributed by atoms with E-state index in [2.05, 4.69) is 44.4 Å². The molecule has 3 rings (SSSR count). The number of benzene rings is 1. The highest BCUT2D eigenvalue weighted by molar-refractivity contribution is 7.45. The maximum absolute atomic E-state index is 13.8. The molecular formula is C61H103N10O12P. The quantitative estimate of drug-likeness (QED) is 0.0134. The van der Waals surface area contributed by atoms with Crippen LogP contribution in [-0.2, 0) is 53.5 Å². The van der Waals surface area contributed by atoms with Crippen molar-refractivity contribution in [2.75, 3.05) is 84.1 Å². The van der Waals surface area contributed by atoms with Crippen molar-refractivity contribution in [3.05, 3.63) is 41.7 Å². The first kappa shape index (κ1) is 72.7. The largest absolute Gasteiger partial charge is 0.756 e. The van der Waals surface area contributed by atoms with Gasteiger partial charge in [0.05, 0.1) is 59.2 Å². The number of unbranched alkanes of at least 4 members (excludes halogenated alkanes) is 23. The monoisotopic (exact) mass is 1200 g/mol. The minimum atomic E-state index is -4.84. The molecule has 6 N–H and O–H groups in total. The van der Waals surface area contributed by atoms with Crippen LogP contribution in [0, 0.1) is 0 Å². The van der Waals surface area contributed by atoms with Crippen molar-refractivity contribution >= 4 is 66.2 Å². The SMILES string of the molecule is CCCCCCCCCCCCCCCCCC(=O)OCC(COP(=O)([O-])OCC[N+](C)(C)C)OC(=O)CCNC(=O)[C@H](CCC(=O)OCCCCCCCCCCCC)NC(=O)c1ccc(N(C)Cc2cnc3nc(N)nc(N)c3n2)cc1. The first-order valence-corrected chi connectivity index (χ1v) is 32.6. The van der Waals surface area contributed by atoms with E-state index in [-0.39, 0.29) is 68.4 Å². The van der Waals surface area contributed by atoms with Gasteiger partial charge in [-0.25, -0.2) is 9.97 Å². The number of carbonyl (C=O) groups excluding carboxylic acids is 5. The van der Waals surface area contributed by atoms with Gasteiger partial charge in [0.25, 0.3) is 13.7 Å². The summed E-state index contributed by atoms with van der Waals surface area (Å²) in [5.74, 6) is -3.06. The Hall–Kier alpha value is -5.54. The van der Waals surface area contributed by atoms with E-state index in [1.165, 1.54) is 109 Å². The molecule has 0 spiro atoms. The number of hydrogen-bond donors (Lipinski definition) is 4. The molecular weight excluding hydrogens is 1100 g/mol. The second kappa shape index (κ2) is 42.3. The van der Waals surface area contributed by atoms with Crippen LogP contribution in [0.4, 0.5) is 17.5 Å². The fraction of sp³-hybridized carbons (Fsp3) is 0.721. The fourth-order valence-electron chi connectivity index (χ4n) is 9.19. The second-order valence-electron chi connectivity index (χ2n) is 23.0. The van der Waals surface area contributed by atoms with Gasteiger partial charge in [-0.3, -0.25) is 28.5 Å². The van der Waals surface area contributed by atoms with Crippen LogP contribution in [0.2, 0.25) is 0 Å². The molecule has 23 heteroatoms. The van der Waals surface area contributed by atoms with Gasteiger partial charge in [-0.15, -0.1) is 0 Å². The number of quaternary nitrogens is 1. The van der Waals surface area contributed by atoms with E-state index in [1.807, 2.05) is 33.1 Å². The zero-order valence-corrected chi connectivity index (χ0v) is 52.6. The molecule has 0 saturated carbocycles. The Morgan fingerprint density at radius 3 is 1.77 bits per heavy atom. The summed E-state index contributed by atoms with van der Waals surface area (Å²) in [5, 5.41) is 5.38. The molecule has 3 atom stereocenters. The Bertz CT molecular complexity index is 2410. The molecule has 1 aromatic carbocycles. The number of phosphoric acid groups is 1. The van der Waals surface area contributed by atoms with Crippen molar-refractivity contribution < 1.29 is 61.2 Å². The van der Waals surface area contributed by atoms with E-state index in [1.54, 1.807) is 30.5 Å². The van der Waals surface area contributed by atoms with Gasteiger partial charge in [0, 0.05) is 37.7 Å². The molecule has 84 heavy (non-hydrogen) atoms. The molecule has 0 aliphatic rings. The van der Waals surface area contributed by atoms with Crippen LogP contribution in [0.1, 0.15) is 216 Å². The third-order valence-corrected chi connectivity index (χ3v) is 15.2. The minimum Gasteiger partial charge on any atom is -0.756 e. The summed E-state index contributed by atoms with van der Waals surface area (Å²) in [7, 11) is 2.60. The summed E-state index contributed by atoms with van der Waals surface area (Å²) in [5.41, 5.74) is 13.8. The number of nitrogens with two attached hydrogens (primary N) is 2. The Kier molecular flexibility index (Phi) is 36.6. The molecule has 2 unspecified atom stereocenters. The Morgan fingerprint density at radius 2 is 1.20 bits per heavy atom. The average molecular weight is 1200 g/mol. The molecule has 0 radical (unpaired) electrons. The zero-order valence-electron chi connectivity index (χ0n) is 51.7. The van der Waals surface area contributed by atoms with Crippen molar-refractivity contribution in [3.8, 4) is 0 Å². The lowest BCUT2D eigenvalue weighted by Gasteiger charge is -2.28. The van der Waals surface area contributed by atoms with Gasteiger partial charge < -0.3 is 59.6 Å². The molecule has 0 bridgehead atoms. The number of fused-ring (bicyclic) bond motifs is 1. The molecule has 0 saturated heterocycles. The van der Waals surface area contributed by atoms with Crippen molar-refractivity contribution in [3.63, 3.8) is 0 Å². The van der Waals surface area contributed by atoms with Crippen LogP contribution in [0.15, 0.2) is 30.5 Å². The first-order chi connectivity index (χ1) is 40.3. The van der Waals surface area contributed by atoms with Crippen molar-refractivity contribution in [2.45, 2.75) is 219 Å². The number of likely N-dealkylation sites (N-methyl/N-ethyl adjacent to an activating group) is 1. The molecule has 3 aromatic rings. The first-order valence-electron chi connectivity index (χ1n) is 31.1. The molecule has 0 aliphatic carbocycles. The molecule has 2 aromatic heterocycles. The molecule has 474 valence electrons. The lowest BCUT2D eigenvalue weighted by atomic mass is 10.0. The Morgan fingerprint density at radius 1 is 0.655 bits per heavy atom. The van der Waals surface area contributed by atoms with Crippen molar-refractivity contribution in [2.24, 2.45) is 0 Å². The Labute approximate surface area is 500 Å². The van der Waals surface area contributed by atoms with Crippen LogP contribution in [0.25, 0.3) is 11.2 Å². The van der Waals surface area contributed by atoms with E-state index < -0.39 is 62.9 Å². The number of hydrogen-bond acceptors (Lipinski definition) is 19. The van der Waals surface area contributed by atoms with Gasteiger partial charge in [0.2, 0.25) is 11.9 Å². The van der Waals surface area contributed by atoms with Crippen LogP contribution in [-0.4, -0.2) is 134 Å². The third-order valence-electron chi connectivity index (χ3n) is 14.3. The van der Waals surface area contributed by atoms with Gasteiger partial charge in [-0.1, -0.05) is 162 Å². The minimum absolute atomic E-state index is 0.00794. The standard InChI is InChI=1S/C61H103N10O12P/c1-7-9-11-13-15-17-19-20-21-22-23-24-26-28-30-32-53(72)80-46-51(47-82-84(77,78)81-43-41-71(4,5)6)83-55(74)39-40-64-60(76)52(37-38-54(73)79-42-31-29-27-25-18-16-14-12-10-8-2)67-59(75)48-33-35-50(36-34-48)70(3)45-49-44-65-58-56(66-49)57(62)68-61(63)69-58/h33-36,44,51-52H,7-32,37-43,45-47H2,1-6H3,(H6-,62,63,64,65,67,68,69,75,76,77,78)/t51?,52-/m0/s1. The predicted molar refractivity (Wildman–Crippen MR) is 326 cm³/mol. The smallest absolute Gasteiger partial charge is 0.308 e. The third kappa shape index (κ3) is 33.8. The van der Waals surface area contributed by atoms with Gasteiger partial charge in [0.15, 0.2) is 23.1 Å². The van der Waals surface area contributed by atoms with E-state index in [0.717, 1.165) is 44.2 Å². The lowest BCUT2D eigenvalue weighted by molar-refractivity contribution is -0.870. The van der Waals surface area contributed by atoms with E-state index in [0.29, 0.717) is 41.6 Å². The summed E-state index contributed by atoms with van der Waals surface area (Å²) in [6.45, 7) is 3.81. The highest BCUT2D eigenvalue weighted by Gasteiger charge is 2.25. The zero-order chi connectivity index (χ0) is 61.4. The van der Waals surface area contributed by atoms with Crippen LogP contribution in [0.3, 0.4) is 0 Å². The summed E-state index contributed by atoms with van der Waals surface area (Å²) in [6.07, 6.45) is 28.8. The van der Waals surface area contributed by atoms with Gasteiger partial charge >= 0.3 is 17.9 Å². The number of nitrogens with zero attached hydrogens (tertiary/aromatic N) is 6. The van der Waals surface area contributed by atoms with Crippen LogP contribution in [0.5, 0.6) is 0 Å². The molecule has 2 heterocycles. The van der Waals surface area contributed by atoms with E-state index in [9.17, 15) is 33.4 Å². The highest BCUT2D eigenvalue weighted by atomic mass is 31.2. The molecule has 2 amide bonds. The fourth-order valence-corrected chi connectivity index (χ4v) is 9.92. The van der Waals surface area contributed by atoms with E-state index >= 15 is 0 Å². The highest BCUT2D eigenvalue weighted by Crippen LogP contribution is 2.38. The van der Waals surface area contributed by atoms with Gasteiger partial charge in [-0.05, 0) is 43.5 Å². The van der Waals surface area contributed by atoms with Crippen molar-refractivity contribution in [1.82, 2.24) is 30.6 Å². The number of nitrogen functional groups attached to an aromatic ring is 2. The van der Waals surface area contributed by atoms with Gasteiger partial charge in [-0.2, -0.15) is 9.97 Å². The number of amides is 2. The predicted octanol–water partition coefficient (Wildman–Crippen LogP) is 9.99. The van der Waals surface area contributed by atoms with Crippen molar-refractivity contribution in [1.29, 1.82) is 0 Å². The molecule has 0 aliphatic heterocycles. The second-order valence-corrected chi connectivity index (χ2v) is 24.4. The van der Waals surface area contributed by atoms with Gasteiger partial charge in [0.1, 0.15) is 25.8 Å². The summed E-state index contributed by atoms with van der Waals surface area (Å²) < 4.78 is 39.7. The number of phosphoric ester groups is 1. The number of anilines is 3. The van der Waals surface area contributed by atoms with Crippen LogP contribution < -0.4 is 31.9 Å². The van der Waals surface area contributed by atoms with E-state index in [4.69, 9.17) is 34.7 Å². The molecule has 22 nitrogen and oxygen atoms in total. The number of nitrogens with one attached hydrogen (secondary N) is 2. The Balaban J connectivity index is 1.57. The maximum Gasteiger partial charge on any atom is 0.308 e. The number of aromatic nitrogens is 4. The summed E-state index contributed by atoms with van der Waals surface area (Å²) in [6, 6.07) is 5.42. The molecule has 0 fully saturated rings. The summed E-state index contributed by atoms with van der Waals surface area (Å²) >= 11 is 0. The normalized spacial score (nSPS) is 13.0. The number of esters is 3. The number of carbonyl (C=O) groups is 5. The van der Waals surface area contributed by atoms with Crippen LogP contribution >= 0.6 is 7.82 Å². The topological polar surface area (TPSA) is 303 Å².